The molecule has 2 heteroatoms. The third kappa shape index (κ3) is 2.52. The molecule has 128 valence electrons. The molecule has 3 aromatic rings. The first-order valence-corrected chi connectivity index (χ1v) is 9.30. The maximum atomic E-state index is 6.11. The van der Waals surface area contributed by atoms with Gasteiger partial charge in [0.15, 0.2) is 0 Å². The lowest BCUT2D eigenvalue weighted by Crippen LogP contribution is -2.09. The van der Waals surface area contributed by atoms with E-state index in [0.29, 0.717) is 13.2 Å². The topological polar surface area (TPSA) is 18.5 Å². The summed E-state index contributed by atoms with van der Waals surface area (Å²) in [6.45, 7) is 0.786. The number of hydrogen-bond acceptors (Lipinski definition) is 2. The Morgan fingerprint density at radius 1 is 0.692 bits per heavy atom. The molecule has 0 fully saturated rings. The van der Waals surface area contributed by atoms with Gasteiger partial charge in [-0.25, -0.2) is 0 Å². The number of fused-ring (bicyclic) bond motifs is 7. The number of hydrogen-bond donors (Lipinski definition) is 0. The molecule has 1 heterocycles. The molecule has 0 aromatic heterocycles. The van der Waals surface area contributed by atoms with Crippen LogP contribution in [0.5, 0.6) is 11.5 Å². The summed E-state index contributed by atoms with van der Waals surface area (Å²) in [7, 11) is 0. The first-order chi connectivity index (χ1) is 12.9. The third-order valence-electron chi connectivity index (χ3n) is 5.36. The summed E-state index contributed by atoms with van der Waals surface area (Å²) < 4.78 is 12.2. The lowest BCUT2D eigenvalue weighted by atomic mass is 9.83. The van der Waals surface area contributed by atoms with Crippen LogP contribution in [-0.2, 0) is 12.8 Å². The maximum absolute atomic E-state index is 6.11. The second-order valence-corrected chi connectivity index (χ2v) is 6.87. The first-order valence-electron chi connectivity index (χ1n) is 9.30. The molecule has 2 nitrogen and oxygen atoms in total. The normalized spacial score (nSPS) is 15.4. The van der Waals surface area contributed by atoms with Crippen molar-refractivity contribution < 1.29 is 9.47 Å². The van der Waals surface area contributed by atoms with E-state index in [1.807, 2.05) is 0 Å². The van der Waals surface area contributed by atoms with Crippen LogP contribution in [0.25, 0.3) is 21.9 Å². The highest BCUT2D eigenvalue weighted by molar-refractivity contribution is 6.02. The van der Waals surface area contributed by atoms with Crippen LogP contribution in [0.15, 0.2) is 48.5 Å². The average molecular weight is 340 g/mol. The number of rotatable bonds is 0. The van der Waals surface area contributed by atoms with Crippen molar-refractivity contribution in [2.24, 2.45) is 0 Å². The van der Waals surface area contributed by atoms with Gasteiger partial charge in [0, 0.05) is 11.1 Å². The maximum Gasteiger partial charge on any atom is 0.149 e. The van der Waals surface area contributed by atoms with E-state index in [1.54, 1.807) is 0 Å². The summed E-state index contributed by atoms with van der Waals surface area (Å²) in [6, 6.07) is 17.1. The monoisotopic (exact) mass is 340 g/mol. The molecule has 0 radical (unpaired) electrons. The molecule has 0 atom stereocenters. The van der Waals surface area contributed by atoms with Crippen LogP contribution in [0.2, 0.25) is 0 Å². The van der Waals surface area contributed by atoms with E-state index in [1.165, 1.54) is 40.3 Å². The highest BCUT2D eigenvalue weighted by Gasteiger charge is 2.23. The Bertz CT molecular complexity index is 1050. The molecule has 0 spiro atoms. The zero-order chi connectivity index (χ0) is 17.3. The van der Waals surface area contributed by atoms with E-state index in [-0.39, 0.29) is 0 Å². The largest absolute Gasteiger partial charge is 0.480 e. The van der Waals surface area contributed by atoms with E-state index in [2.05, 4.69) is 60.4 Å². The molecule has 0 saturated heterocycles. The van der Waals surface area contributed by atoms with E-state index < -0.39 is 0 Å². The fourth-order valence-corrected chi connectivity index (χ4v) is 4.16. The van der Waals surface area contributed by atoms with Crippen molar-refractivity contribution in [3.63, 3.8) is 0 Å². The third-order valence-corrected chi connectivity index (χ3v) is 5.36. The van der Waals surface area contributed by atoms with Crippen LogP contribution in [-0.4, -0.2) is 13.2 Å². The minimum atomic E-state index is 0.388. The molecule has 5 rings (SSSR count). The Labute approximate surface area is 153 Å². The quantitative estimate of drug-likeness (QED) is 0.526. The van der Waals surface area contributed by atoms with Gasteiger partial charge in [0.1, 0.15) is 24.7 Å². The Morgan fingerprint density at radius 2 is 1.42 bits per heavy atom. The molecule has 1 aliphatic carbocycles. The van der Waals surface area contributed by atoms with Crippen molar-refractivity contribution in [1.82, 2.24) is 0 Å². The fourth-order valence-electron chi connectivity index (χ4n) is 4.16. The summed E-state index contributed by atoms with van der Waals surface area (Å²) in [5.74, 6) is 7.90. The van der Waals surface area contributed by atoms with Crippen LogP contribution >= 0.6 is 0 Å². The van der Waals surface area contributed by atoms with Gasteiger partial charge in [-0.1, -0.05) is 48.2 Å². The van der Waals surface area contributed by atoms with E-state index in [9.17, 15) is 0 Å². The molecule has 26 heavy (non-hydrogen) atoms. The minimum absolute atomic E-state index is 0.388. The molecular formula is C24H20O2. The van der Waals surface area contributed by atoms with Gasteiger partial charge in [0.05, 0.1) is 0 Å². The first kappa shape index (κ1) is 15.3. The standard InChI is InChI=1S/C24H20O2/c1-3-9-19-17(7-1)11-13-21-23(19)24-20-10-4-2-8-18(20)12-14-22(24)26-16-6-5-15-25-21/h1,3,7,9,11-14H,2,4,8,10,15-16H2. The molecule has 0 N–H and O–H groups in total. The lowest BCUT2D eigenvalue weighted by molar-refractivity contribution is 0.358. The molecule has 0 unspecified atom stereocenters. The molecule has 2 aliphatic rings. The van der Waals surface area contributed by atoms with Crippen molar-refractivity contribution in [3.05, 3.63) is 59.7 Å². The Morgan fingerprint density at radius 3 is 2.31 bits per heavy atom. The number of benzene rings is 3. The smallest absolute Gasteiger partial charge is 0.149 e. The molecule has 0 bridgehead atoms. The van der Waals surface area contributed by atoms with Crippen LogP contribution in [0.1, 0.15) is 24.0 Å². The summed E-state index contributed by atoms with van der Waals surface area (Å²) in [5, 5.41) is 2.43. The molecule has 0 saturated carbocycles. The Balaban J connectivity index is 1.88. The zero-order valence-corrected chi connectivity index (χ0v) is 14.7. The Hall–Kier alpha value is -2.92. The van der Waals surface area contributed by atoms with E-state index >= 15 is 0 Å². The predicted molar refractivity (Wildman–Crippen MR) is 105 cm³/mol. The van der Waals surface area contributed by atoms with Crippen LogP contribution in [0.3, 0.4) is 0 Å². The van der Waals surface area contributed by atoms with Crippen molar-refractivity contribution in [2.45, 2.75) is 25.7 Å². The second-order valence-electron chi connectivity index (χ2n) is 6.87. The second kappa shape index (κ2) is 6.42. The van der Waals surface area contributed by atoms with Crippen molar-refractivity contribution in [3.8, 4) is 34.5 Å². The van der Waals surface area contributed by atoms with Gasteiger partial charge in [-0.15, -0.1) is 0 Å². The summed E-state index contributed by atoms with van der Waals surface area (Å²) in [6.07, 6.45) is 4.72. The molecule has 0 amide bonds. The van der Waals surface area contributed by atoms with Gasteiger partial charge in [0.25, 0.3) is 0 Å². The van der Waals surface area contributed by atoms with E-state index in [4.69, 9.17) is 9.47 Å². The van der Waals surface area contributed by atoms with Crippen LogP contribution < -0.4 is 9.47 Å². The molecular weight excluding hydrogens is 320 g/mol. The predicted octanol–water partition coefficient (Wildman–Crippen LogP) is 5.16. The summed E-state index contributed by atoms with van der Waals surface area (Å²) in [5.41, 5.74) is 5.22. The molecule has 3 aromatic carbocycles. The average Bonchev–Trinajstić information content (AvgIpc) is 2.70. The highest BCUT2D eigenvalue weighted by atomic mass is 16.5. The summed E-state index contributed by atoms with van der Waals surface area (Å²) >= 11 is 0. The minimum Gasteiger partial charge on any atom is -0.480 e. The van der Waals surface area contributed by atoms with Crippen molar-refractivity contribution in [1.29, 1.82) is 0 Å². The summed E-state index contributed by atoms with van der Waals surface area (Å²) in [4.78, 5) is 0. The zero-order valence-electron chi connectivity index (χ0n) is 14.7. The van der Waals surface area contributed by atoms with Gasteiger partial charge in [-0.05, 0) is 59.7 Å². The Kier molecular flexibility index (Phi) is 3.79. The van der Waals surface area contributed by atoms with E-state index in [0.717, 1.165) is 29.9 Å². The molecule has 1 aliphatic heterocycles. The van der Waals surface area contributed by atoms with Gasteiger partial charge >= 0.3 is 0 Å². The van der Waals surface area contributed by atoms with Crippen molar-refractivity contribution in [2.75, 3.05) is 13.2 Å². The van der Waals surface area contributed by atoms with Gasteiger partial charge in [-0.2, -0.15) is 0 Å². The highest BCUT2D eigenvalue weighted by Crippen LogP contribution is 2.46. The van der Waals surface area contributed by atoms with Gasteiger partial charge < -0.3 is 9.47 Å². The van der Waals surface area contributed by atoms with Gasteiger partial charge in [0.2, 0.25) is 0 Å². The van der Waals surface area contributed by atoms with Crippen molar-refractivity contribution >= 4 is 10.8 Å². The van der Waals surface area contributed by atoms with Gasteiger partial charge in [-0.3, -0.25) is 0 Å². The fraction of sp³-hybridized carbons (Fsp3) is 0.250. The van der Waals surface area contributed by atoms with Crippen LogP contribution in [0, 0.1) is 11.8 Å². The van der Waals surface area contributed by atoms with Crippen LogP contribution in [0.4, 0.5) is 0 Å². The number of ether oxygens (including phenoxy) is 2. The SMILES string of the molecule is C1#CCOc2ccc3ccccc3c2-c2c(ccc3c2CCCC3)OC1. The lowest BCUT2D eigenvalue weighted by Gasteiger charge is -2.24. The number of aryl methyl sites for hydroxylation is 1.